The van der Waals surface area contributed by atoms with Crippen molar-refractivity contribution in [3.05, 3.63) is 113 Å². The van der Waals surface area contributed by atoms with E-state index in [1.807, 2.05) is 0 Å². The number of aromatic nitrogens is 3. The summed E-state index contributed by atoms with van der Waals surface area (Å²) in [5, 5.41) is 8.24. The van der Waals surface area contributed by atoms with Crippen molar-refractivity contribution in [2.24, 2.45) is 0 Å². The van der Waals surface area contributed by atoms with Crippen molar-refractivity contribution < 1.29 is 9.13 Å². The third-order valence-electron chi connectivity index (χ3n) is 5.38. The van der Waals surface area contributed by atoms with Gasteiger partial charge in [0.1, 0.15) is 23.3 Å². The lowest BCUT2D eigenvalue weighted by Gasteiger charge is -2.20. The van der Waals surface area contributed by atoms with E-state index in [-0.39, 0.29) is 11.9 Å². The lowest BCUT2D eigenvalue weighted by molar-refractivity contribution is 0.0641. The molecule has 5 heteroatoms. The van der Waals surface area contributed by atoms with Crippen LogP contribution in [0.15, 0.2) is 79.0 Å². The van der Waals surface area contributed by atoms with Gasteiger partial charge in [-0.2, -0.15) is 0 Å². The Kier molecular flexibility index (Phi) is 4.66. The monoisotopic (exact) mass is 385 g/mol. The first-order valence-corrected chi connectivity index (χ1v) is 9.73. The number of ether oxygens (including phenoxy) is 1. The van der Waals surface area contributed by atoms with Crippen LogP contribution in [0.2, 0.25) is 0 Å². The molecule has 1 heterocycles. The fourth-order valence-electron chi connectivity index (χ4n) is 3.94. The van der Waals surface area contributed by atoms with Gasteiger partial charge in [-0.3, -0.25) is 0 Å². The Morgan fingerprint density at radius 1 is 0.862 bits per heavy atom. The molecule has 4 aromatic rings. The van der Waals surface area contributed by atoms with Crippen molar-refractivity contribution in [2.45, 2.75) is 25.6 Å². The number of hydrogen-bond donors (Lipinski definition) is 0. The highest BCUT2D eigenvalue weighted by Crippen LogP contribution is 2.35. The van der Waals surface area contributed by atoms with Gasteiger partial charge in [-0.15, -0.1) is 5.10 Å². The van der Waals surface area contributed by atoms with Crippen LogP contribution in [0, 0.1) is 5.82 Å². The Balaban J connectivity index is 1.43. The minimum atomic E-state index is -0.337. The number of para-hydroxylation sites is 1. The summed E-state index contributed by atoms with van der Waals surface area (Å²) in [6.45, 7) is 0.293. The molecule has 1 aliphatic carbocycles. The first kappa shape index (κ1) is 17.8. The van der Waals surface area contributed by atoms with Crippen LogP contribution in [0.25, 0.3) is 5.69 Å². The molecule has 0 spiro atoms. The van der Waals surface area contributed by atoms with E-state index in [2.05, 4.69) is 58.8 Å². The van der Waals surface area contributed by atoms with Crippen molar-refractivity contribution >= 4 is 0 Å². The van der Waals surface area contributed by atoms with Crippen LogP contribution in [0.4, 0.5) is 4.39 Å². The van der Waals surface area contributed by atoms with Crippen LogP contribution >= 0.6 is 0 Å². The third-order valence-corrected chi connectivity index (χ3v) is 5.38. The number of rotatable bonds is 4. The first-order chi connectivity index (χ1) is 14.3. The van der Waals surface area contributed by atoms with E-state index < -0.39 is 0 Å². The first-order valence-electron chi connectivity index (χ1n) is 9.73. The van der Waals surface area contributed by atoms with Crippen LogP contribution in [0.5, 0.6) is 0 Å². The molecular formula is C24H20FN3O. The van der Waals surface area contributed by atoms with Gasteiger partial charge < -0.3 is 4.74 Å². The Hall–Kier alpha value is -3.31. The normalized spacial score (nSPS) is 13.6. The minimum Gasteiger partial charge on any atom is -0.362 e. The van der Waals surface area contributed by atoms with E-state index in [0.29, 0.717) is 18.0 Å². The number of halogens is 1. The van der Waals surface area contributed by atoms with Gasteiger partial charge in [-0.05, 0) is 47.2 Å². The van der Waals surface area contributed by atoms with E-state index in [9.17, 15) is 4.39 Å². The van der Waals surface area contributed by atoms with Crippen molar-refractivity contribution in [1.82, 2.24) is 15.0 Å². The maximum atomic E-state index is 14.0. The molecule has 4 nitrogen and oxygen atoms in total. The standard InChI is InChI=1S/C24H20FN3O/c25-22-11-5-6-12-23(22)28-15-19(26-27-28)16-29-24-20-9-3-1-7-17(20)13-14-18-8-2-4-10-21(18)24/h1-12,15,24H,13-14,16H2. The van der Waals surface area contributed by atoms with Crippen LogP contribution in [0.3, 0.4) is 0 Å². The van der Waals surface area contributed by atoms with E-state index in [4.69, 9.17) is 4.74 Å². The average molecular weight is 385 g/mol. The number of fused-ring (bicyclic) bond motifs is 2. The topological polar surface area (TPSA) is 39.9 Å². The van der Waals surface area contributed by atoms with Gasteiger partial charge in [0.05, 0.1) is 12.8 Å². The molecule has 0 radical (unpaired) electrons. The summed E-state index contributed by atoms with van der Waals surface area (Å²) in [7, 11) is 0. The van der Waals surface area contributed by atoms with E-state index >= 15 is 0 Å². The molecule has 1 aromatic heterocycles. The molecule has 0 unspecified atom stereocenters. The molecule has 1 aliphatic rings. The molecule has 0 amide bonds. The van der Waals surface area contributed by atoms with E-state index in [0.717, 1.165) is 12.8 Å². The fraction of sp³-hybridized carbons (Fsp3) is 0.167. The van der Waals surface area contributed by atoms with Crippen molar-refractivity contribution in [1.29, 1.82) is 0 Å². The molecule has 0 atom stereocenters. The Morgan fingerprint density at radius 3 is 2.17 bits per heavy atom. The molecule has 144 valence electrons. The van der Waals surface area contributed by atoms with Gasteiger partial charge in [0.2, 0.25) is 0 Å². The second-order valence-electron chi connectivity index (χ2n) is 7.19. The quantitative estimate of drug-likeness (QED) is 0.506. The van der Waals surface area contributed by atoms with E-state index in [1.165, 1.54) is 33.0 Å². The predicted octanol–water partition coefficient (Wildman–Crippen LogP) is 4.81. The fourth-order valence-corrected chi connectivity index (χ4v) is 3.94. The molecule has 0 fully saturated rings. The number of aryl methyl sites for hydroxylation is 2. The van der Waals surface area contributed by atoms with Gasteiger partial charge >= 0.3 is 0 Å². The zero-order valence-electron chi connectivity index (χ0n) is 15.8. The summed E-state index contributed by atoms with van der Waals surface area (Å²) in [6, 6.07) is 23.4. The summed E-state index contributed by atoms with van der Waals surface area (Å²) in [5.74, 6) is -0.337. The Morgan fingerprint density at radius 2 is 1.48 bits per heavy atom. The summed E-state index contributed by atoms with van der Waals surface area (Å²) >= 11 is 0. The molecule has 0 aliphatic heterocycles. The molecule has 0 N–H and O–H groups in total. The second-order valence-corrected chi connectivity index (χ2v) is 7.19. The smallest absolute Gasteiger partial charge is 0.148 e. The molecule has 29 heavy (non-hydrogen) atoms. The van der Waals surface area contributed by atoms with Crippen LogP contribution in [0.1, 0.15) is 34.1 Å². The maximum absolute atomic E-state index is 14.0. The highest BCUT2D eigenvalue weighted by Gasteiger charge is 2.24. The Bertz CT molecular complexity index is 1110. The van der Waals surface area contributed by atoms with Gasteiger partial charge in [-0.25, -0.2) is 9.07 Å². The Labute approximate surface area is 168 Å². The van der Waals surface area contributed by atoms with Crippen LogP contribution in [-0.4, -0.2) is 15.0 Å². The zero-order valence-corrected chi connectivity index (χ0v) is 15.8. The number of benzene rings is 3. The van der Waals surface area contributed by atoms with Crippen molar-refractivity contribution in [3.63, 3.8) is 0 Å². The molecule has 0 saturated heterocycles. The lowest BCUT2D eigenvalue weighted by Crippen LogP contribution is -2.08. The van der Waals surface area contributed by atoms with Gasteiger partial charge in [0.25, 0.3) is 0 Å². The largest absolute Gasteiger partial charge is 0.362 e. The van der Waals surface area contributed by atoms with Crippen LogP contribution < -0.4 is 0 Å². The highest BCUT2D eigenvalue weighted by atomic mass is 19.1. The molecule has 0 saturated carbocycles. The molecule has 3 aromatic carbocycles. The molecule has 5 rings (SSSR count). The average Bonchev–Trinajstić information content (AvgIpc) is 3.16. The maximum Gasteiger partial charge on any atom is 0.148 e. The summed E-state index contributed by atoms with van der Waals surface area (Å²) in [5.41, 5.74) is 6.04. The number of hydrogen-bond acceptors (Lipinski definition) is 3. The summed E-state index contributed by atoms with van der Waals surface area (Å²) in [4.78, 5) is 0. The van der Waals surface area contributed by atoms with E-state index in [1.54, 1.807) is 24.4 Å². The minimum absolute atomic E-state index is 0.163. The summed E-state index contributed by atoms with van der Waals surface area (Å²) in [6.07, 6.45) is 3.54. The highest BCUT2D eigenvalue weighted by molar-refractivity contribution is 5.43. The lowest BCUT2D eigenvalue weighted by atomic mass is 9.97. The number of nitrogens with zero attached hydrogens (tertiary/aromatic N) is 3. The van der Waals surface area contributed by atoms with Gasteiger partial charge in [0, 0.05) is 0 Å². The molecular weight excluding hydrogens is 365 g/mol. The van der Waals surface area contributed by atoms with Crippen molar-refractivity contribution in [2.75, 3.05) is 0 Å². The summed E-state index contributed by atoms with van der Waals surface area (Å²) < 4.78 is 21.8. The van der Waals surface area contributed by atoms with Crippen molar-refractivity contribution in [3.8, 4) is 5.69 Å². The zero-order chi connectivity index (χ0) is 19.6. The van der Waals surface area contributed by atoms with Gasteiger partial charge in [0.15, 0.2) is 0 Å². The third kappa shape index (κ3) is 3.45. The SMILES string of the molecule is Fc1ccccc1-n1cc(COC2c3ccccc3CCc3ccccc32)nn1. The predicted molar refractivity (Wildman–Crippen MR) is 108 cm³/mol. The second kappa shape index (κ2) is 7.60. The van der Waals surface area contributed by atoms with Crippen LogP contribution in [-0.2, 0) is 24.2 Å². The molecule has 0 bridgehead atoms. The van der Waals surface area contributed by atoms with Gasteiger partial charge in [-0.1, -0.05) is 65.9 Å².